The van der Waals surface area contributed by atoms with E-state index in [9.17, 15) is 0 Å². The van der Waals surface area contributed by atoms with Crippen LogP contribution in [0, 0.1) is 22.7 Å². The van der Waals surface area contributed by atoms with Crippen LogP contribution in [0.5, 0.6) is 0 Å². The van der Waals surface area contributed by atoms with Crippen LogP contribution in [0.4, 0.5) is 0 Å². The van der Waals surface area contributed by atoms with Crippen LogP contribution in [0.3, 0.4) is 0 Å². The maximum Gasteiger partial charge on any atom is 0.186 e. The van der Waals surface area contributed by atoms with Crippen LogP contribution in [0.25, 0.3) is 0 Å². The summed E-state index contributed by atoms with van der Waals surface area (Å²) in [6, 6.07) is 1.92. The Morgan fingerprint density at radius 3 is 2.81 bits per heavy atom. The third-order valence-corrected chi connectivity index (χ3v) is 2.64. The number of nitrogens with zero attached hydrogens (tertiary/aromatic N) is 3. The Balaban J connectivity index is 2.83. The van der Waals surface area contributed by atoms with Gasteiger partial charge in [0.25, 0.3) is 0 Å². The van der Waals surface area contributed by atoms with Gasteiger partial charge >= 0.3 is 0 Å². The molecule has 0 bridgehead atoms. The Morgan fingerprint density at radius 2 is 2.31 bits per heavy atom. The summed E-state index contributed by atoms with van der Waals surface area (Å²) < 4.78 is 0. The van der Waals surface area contributed by atoms with Crippen molar-refractivity contribution in [3.05, 3.63) is 0 Å². The fourth-order valence-corrected chi connectivity index (χ4v) is 1.37. The van der Waals surface area contributed by atoms with Gasteiger partial charge in [-0.1, -0.05) is 0 Å². The molecule has 3 unspecified atom stereocenters. The standard InChI is InChI=1S/C10H16N6/c1-6(4-11)8-5-14-10(3,16-8)7(2)15-9(12)13/h5-7H,1-3H3,(H4,12,13,15). The first-order chi connectivity index (χ1) is 7.39. The smallest absolute Gasteiger partial charge is 0.186 e. The van der Waals surface area contributed by atoms with Crippen molar-refractivity contribution in [2.75, 3.05) is 0 Å². The van der Waals surface area contributed by atoms with Crippen LogP contribution < -0.4 is 11.1 Å². The molecule has 4 N–H and O–H groups in total. The van der Waals surface area contributed by atoms with E-state index in [4.69, 9.17) is 16.4 Å². The van der Waals surface area contributed by atoms with E-state index in [1.54, 1.807) is 13.1 Å². The van der Waals surface area contributed by atoms with Gasteiger partial charge in [0.1, 0.15) is 0 Å². The van der Waals surface area contributed by atoms with E-state index < -0.39 is 5.66 Å². The average Bonchev–Trinajstić information content (AvgIpc) is 2.60. The van der Waals surface area contributed by atoms with Crippen LogP contribution in [-0.2, 0) is 0 Å². The molecule has 16 heavy (non-hydrogen) atoms. The van der Waals surface area contributed by atoms with E-state index >= 15 is 0 Å². The number of hydrogen-bond donors (Lipinski definition) is 3. The second kappa shape index (κ2) is 4.31. The Kier molecular flexibility index (Phi) is 3.28. The maximum absolute atomic E-state index is 8.79. The summed E-state index contributed by atoms with van der Waals surface area (Å²) in [7, 11) is 0. The predicted molar refractivity (Wildman–Crippen MR) is 63.6 cm³/mol. The van der Waals surface area contributed by atoms with Gasteiger partial charge in [0.15, 0.2) is 11.6 Å². The predicted octanol–water partition coefficient (Wildman–Crippen LogP) is 0.259. The molecule has 0 radical (unpaired) electrons. The van der Waals surface area contributed by atoms with Crippen molar-refractivity contribution in [3.8, 4) is 6.07 Å². The topological polar surface area (TPSA) is 110 Å². The number of nitriles is 1. The minimum atomic E-state index is -0.688. The quantitative estimate of drug-likeness (QED) is 0.468. The zero-order valence-corrected chi connectivity index (χ0v) is 9.65. The Bertz CT molecular complexity index is 391. The Hall–Kier alpha value is -1.90. The van der Waals surface area contributed by atoms with Crippen LogP contribution in [0.15, 0.2) is 9.98 Å². The summed E-state index contributed by atoms with van der Waals surface area (Å²) in [6.07, 6.45) is 1.62. The number of rotatable bonds is 3. The first-order valence-corrected chi connectivity index (χ1v) is 5.04. The molecule has 3 atom stereocenters. The van der Waals surface area contributed by atoms with Crippen molar-refractivity contribution in [2.45, 2.75) is 32.5 Å². The summed E-state index contributed by atoms with van der Waals surface area (Å²) >= 11 is 0. The molecule has 0 saturated carbocycles. The summed E-state index contributed by atoms with van der Waals surface area (Å²) in [5, 5.41) is 18.7. The van der Waals surface area contributed by atoms with E-state index in [1.165, 1.54) is 0 Å². The maximum atomic E-state index is 8.79. The second-order valence-corrected chi connectivity index (χ2v) is 4.02. The van der Waals surface area contributed by atoms with Gasteiger partial charge in [0.05, 0.1) is 23.7 Å². The molecule has 0 aromatic carbocycles. The highest BCUT2D eigenvalue weighted by Crippen LogP contribution is 2.23. The molecular formula is C10H16N6. The van der Waals surface area contributed by atoms with E-state index in [1.807, 2.05) is 13.8 Å². The van der Waals surface area contributed by atoms with Crippen LogP contribution in [-0.4, -0.2) is 29.6 Å². The first-order valence-electron chi connectivity index (χ1n) is 5.04. The van der Waals surface area contributed by atoms with Gasteiger partial charge in [0.2, 0.25) is 0 Å². The van der Waals surface area contributed by atoms with Gasteiger partial charge < -0.3 is 11.1 Å². The average molecular weight is 220 g/mol. The molecule has 0 aliphatic carbocycles. The van der Waals surface area contributed by atoms with E-state index in [2.05, 4.69) is 21.4 Å². The fourth-order valence-electron chi connectivity index (χ4n) is 1.37. The molecule has 86 valence electrons. The highest BCUT2D eigenvalue weighted by molar-refractivity contribution is 6.33. The highest BCUT2D eigenvalue weighted by Gasteiger charge is 2.34. The highest BCUT2D eigenvalue weighted by atomic mass is 15.2. The van der Waals surface area contributed by atoms with E-state index in [-0.39, 0.29) is 17.9 Å². The third-order valence-electron chi connectivity index (χ3n) is 2.64. The van der Waals surface area contributed by atoms with Crippen LogP contribution in [0.2, 0.25) is 0 Å². The number of nitrogens with two attached hydrogens (primary N) is 1. The number of nitrogens with one attached hydrogen (secondary N) is 2. The van der Waals surface area contributed by atoms with Crippen molar-refractivity contribution in [2.24, 2.45) is 21.6 Å². The lowest BCUT2D eigenvalue weighted by Crippen LogP contribution is -2.48. The van der Waals surface area contributed by atoms with Crippen molar-refractivity contribution in [1.29, 1.82) is 10.7 Å². The minimum Gasteiger partial charge on any atom is -0.370 e. The third kappa shape index (κ3) is 2.37. The summed E-state index contributed by atoms with van der Waals surface area (Å²) in [5.74, 6) is -0.379. The molecule has 1 rings (SSSR count). The molecule has 0 saturated heterocycles. The van der Waals surface area contributed by atoms with Gasteiger partial charge in [-0.25, -0.2) is 0 Å². The number of guanidine groups is 1. The summed E-state index contributed by atoms with van der Waals surface area (Å²) in [4.78, 5) is 8.68. The van der Waals surface area contributed by atoms with Crippen molar-refractivity contribution in [1.82, 2.24) is 5.32 Å². The number of aliphatic imine (C=N–C) groups is 2. The van der Waals surface area contributed by atoms with Gasteiger partial charge in [0, 0.05) is 6.21 Å². The molecule has 0 spiro atoms. The lowest BCUT2D eigenvalue weighted by atomic mass is 10.1. The summed E-state index contributed by atoms with van der Waals surface area (Å²) in [5.41, 5.74) is 5.24. The monoisotopic (exact) mass is 220 g/mol. The van der Waals surface area contributed by atoms with Crippen LogP contribution >= 0.6 is 0 Å². The molecule has 1 aliphatic rings. The second-order valence-electron chi connectivity index (χ2n) is 4.02. The lowest BCUT2D eigenvalue weighted by Gasteiger charge is -2.26. The van der Waals surface area contributed by atoms with Gasteiger partial charge in [-0.05, 0) is 20.8 Å². The largest absolute Gasteiger partial charge is 0.370 e. The molecule has 0 aromatic rings. The molecule has 0 fully saturated rings. The molecule has 0 aromatic heterocycles. The number of hydrogen-bond acceptors (Lipinski definition) is 4. The van der Waals surface area contributed by atoms with E-state index in [0.29, 0.717) is 5.71 Å². The first kappa shape index (κ1) is 12.2. The van der Waals surface area contributed by atoms with Gasteiger partial charge in [-0.3, -0.25) is 15.4 Å². The molecule has 6 nitrogen and oxygen atoms in total. The van der Waals surface area contributed by atoms with Crippen molar-refractivity contribution < 1.29 is 0 Å². The molecule has 1 heterocycles. The lowest BCUT2D eigenvalue weighted by molar-refractivity contribution is 0.394. The Labute approximate surface area is 94.8 Å². The molecular weight excluding hydrogens is 204 g/mol. The zero-order valence-electron chi connectivity index (χ0n) is 9.65. The van der Waals surface area contributed by atoms with Crippen molar-refractivity contribution in [3.63, 3.8) is 0 Å². The minimum absolute atomic E-state index is 0.110. The van der Waals surface area contributed by atoms with Gasteiger partial charge in [-0.15, -0.1) is 0 Å². The normalized spacial score (nSPS) is 26.8. The van der Waals surface area contributed by atoms with Gasteiger partial charge in [-0.2, -0.15) is 5.26 Å². The van der Waals surface area contributed by atoms with Crippen LogP contribution in [0.1, 0.15) is 20.8 Å². The summed E-state index contributed by atoms with van der Waals surface area (Å²) in [6.45, 7) is 5.46. The Morgan fingerprint density at radius 1 is 1.69 bits per heavy atom. The molecule has 1 aliphatic heterocycles. The molecule has 0 amide bonds. The van der Waals surface area contributed by atoms with E-state index in [0.717, 1.165) is 0 Å². The zero-order chi connectivity index (χ0) is 12.3. The SMILES string of the molecule is CC(C#N)C1=NC(C)(C(C)NC(=N)N)N=C1. The van der Waals surface area contributed by atoms with Crippen molar-refractivity contribution >= 4 is 17.9 Å². The molecule has 6 heteroatoms. The fraction of sp³-hybridized carbons (Fsp3) is 0.600.